The van der Waals surface area contributed by atoms with Crippen LogP contribution >= 0.6 is 0 Å². The standard InChI is InChI=1S/C15H14N2O3S/c1-11-2-3-13(9-16)8-15(11)21(19,20)17-10-12-4-6-14(18)7-5-12/h2-8,17-18H,10H2,1H3. The zero-order valence-corrected chi connectivity index (χ0v) is 12.2. The summed E-state index contributed by atoms with van der Waals surface area (Å²) in [5, 5.41) is 18.1. The van der Waals surface area contributed by atoms with Crippen molar-refractivity contribution in [3.63, 3.8) is 0 Å². The van der Waals surface area contributed by atoms with E-state index < -0.39 is 10.0 Å². The SMILES string of the molecule is Cc1ccc(C#N)cc1S(=O)(=O)NCc1ccc(O)cc1. The zero-order chi connectivity index (χ0) is 15.5. The van der Waals surface area contributed by atoms with Gasteiger partial charge in [-0.3, -0.25) is 0 Å². The first-order valence-electron chi connectivity index (χ1n) is 6.21. The molecule has 2 aromatic carbocycles. The van der Waals surface area contributed by atoms with E-state index in [1.54, 1.807) is 31.2 Å². The highest BCUT2D eigenvalue weighted by Gasteiger charge is 2.17. The summed E-state index contributed by atoms with van der Waals surface area (Å²) < 4.78 is 27.1. The Bertz CT molecular complexity index is 791. The molecule has 0 amide bonds. The molecule has 2 aromatic rings. The molecular weight excluding hydrogens is 288 g/mol. The highest BCUT2D eigenvalue weighted by atomic mass is 32.2. The van der Waals surface area contributed by atoms with Crippen molar-refractivity contribution in [2.24, 2.45) is 0 Å². The molecule has 2 rings (SSSR count). The Balaban J connectivity index is 2.23. The van der Waals surface area contributed by atoms with Gasteiger partial charge < -0.3 is 5.11 Å². The van der Waals surface area contributed by atoms with E-state index in [0.29, 0.717) is 11.1 Å². The number of nitriles is 1. The van der Waals surface area contributed by atoms with Crippen molar-refractivity contribution >= 4 is 10.0 Å². The third-order valence-corrected chi connectivity index (χ3v) is 4.55. The van der Waals surface area contributed by atoms with Gasteiger partial charge in [0.2, 0.25) is 10.0 Å². The predicted octanol–water partition coefficient (Wildman–Crippen LogP) is 2.05. The van der Waals surface area contributed by atoms with Gasteiger partial charge in [-0.15, -0.1) is 0 Å². The number of rotatable bonds is 4. The van der Waals surface area contributed by atoms with Crippen LogP contribution in [-0.4, -0.2) is 13.5 Å². The molecule has 0 aromatic heterocycles. The zero-order valence-electron chi connectivity index (χ0n) is 11.4. The number of aromatic hydroxyl groups is 1. The quantitative estimate of drug-likeness (QED) is 0.904. The maximum absolute atomic E-state index is 12.3. The van der Waals surface area contributed by atoms with Crippen LogP contribution in [0.3, 0.4) is 0 Å². The lowest BCUT2D eigenvalue weighted by Gasteiger charge is -2.09. The van der Waals surface area contributed by atoms with Crippen LogP contribution in [-0.2, 0) is 16.6 Å². The van der Waals surface area contributed by atoms with Crippen LogP contribution in [0.25, 0.3) is 0 Å². The van der Waals surface area contributed by atoms with Crippen molar-refractivity contribution in [2.45, 2.75) is 18.4 Å². The molecule has 0 heterocycles. The minimum Gasteiger partial charge on any atom is -0.508 e. The number of nitrogens with zero attached hydrogens (tertiary/aromatic N) is 1. The fourth-order valence-electron chi connectivity index (χ4n) is 1.83. The maximum Gasteiger partial charge on any atom is 0.241 e. The van der Waals surface area contributed by atoms with Gasteiger partial charge in [0.1, 0.15) is 5.75 Å². The molecular formula is C15H14N2O3S. The van der Waals surface area contributed by atoms with E-state index in [2.05, 4.69) is 4.72 Å². The summed E-state index contributed by atoms with van der Waals surface area (Å²) in [6.45, 7) is 1.79. The van der Waals surface area contributed by atoms with Gasteiger partial charge in [-0.1, -0.05) is 18.2 Å². The lowest BCUT2D eigenvalue weighted by molar-refractivity contribution is 0.475. The van der Waals surface area contributed by atoms with Gasteiger partial charge >= 0.3 is 0 Å². The number of sulfonamides is 1. The number of phenols is 1. The molecule has 0 atom stereocenters. The molecule has 0 saturated carbocycles. The summed E-state index contributed by atoms with van der Waals surface area (Å²) in [5.41, 5.74) is 1.60. The molecule has 0 aliphatic heterocycles. The van der Waals surface area contributed by atoms with Crippen molar-refractivity contribution in [3.05, 3.63) is 59.2 Å². The van der Waals surface area contributed by atoms with Crippen LogP contribution in [0.5, 0.6) is 5.75 Å². The molecule has 0 aliphatic carbocycles. The van der Waals surface area contributed by atoms with Gasteiger partial charge in [-0.2, -0.15) is 5.26 Å². The first-order chi connectivity index (χ1) is 9.92. The van der Waals surface area contributed by atoms with Crippen molar-refractivity contribution in [1.82, 2.24) is 4.72 Å². The Morgan fingerprint density at radius 2 is 1.86 bits per heavy atom. The highest BCUT2D eigenvalue weighted by molar-refractivity contribution is 7.89. The number of phenolic OH excluding ortho intramolecular Hbond substituents is 1. The molecule has 0 fully saturated rings. The molecule has 0 unspecified atom stereocenters. The van der Waals surface area contributed by atoms with Crippen LogP contribution in [0.15, 0.2) is 47.4 Å². The molecule has 0 saturated heterocycles. The van der Waals surface area contributed by atoms with Gasteiger partial charge in [0.15, 0.2) is 0 Å². The fraction of sp³-hybridized carbons (Fsp3) is 0.133. The summed E-state index contributed by atoms with van der Waals surface area (Å²) in [4.78, 5) is 0.0975. The summed E-state index contributed by atoms with van der Waals surface area (Å²) in [6.07, 6.45) is 0. The minimum absolute atomic E-state index is 0.0975. The number of nitrogens with one attached hydrogen (secondary N) is 1. The molecule has 108 valence electrons. The summed E-state index contributed by atoms with van der Waals surface area (Å²) in [7, 11) is -3.70. The van der Waals surface area contributed by atoms with E-state index in [-0.39, 0.29) is 17.2 Å². The highest BCUT2D eigenvalue weighted by Crippen LogP contribution is 2.17. The fourth-order valence-corrected chi connectivity index (χ4v) is 3.12. The Morgan fingerprint density at radius 3 is 2.48 bits per heavy atom. The lowest BCUT2D eigenvalue weighted by atomic mass is 10.2. The molecule has 0 bridgehead atoms. The maximum atomic E-state index is 12.3. The van der Waals surface area contributed by atoms with E-state index in [1.165, 1.54) is 18.2 Å². The Morgan fingerprint density at radius 1 is 1.19 bits per heavy atom. The topological polar surface area (TPSA) is 90.2 Å². The molecule has 0 radical (unpaired) electrons. The summed E-state index contributed by atoms with van der Waals surface area (Å²) in [6, 6.07) is 12.7. The van der Waals surface area contributed by atoms with Crippen molar-refractivity contribution in [2.75, 3.05) is 0 Å². The second kappa shape index (κ2) is 5.95. The Kier molecular flexibility index (Phi) is 4.26. The Hall–Kier alpha value is -2.36. The second-order valence-corrected chi connectivity index (χ2v) is 6.32. The van der Waals surface area contributed by atoms with Crippen molar-refractivity contribution in [3.8, 4) is 11.8 Å². The largest absolute Gasteiger partial charge is 0.508 e. The number of benzene rings is 2. The van der Waals surface area contributed by atoms with Gasteiger partial charge in [0.05, 0.1) is 16.5 Å². The number of hydrogen-bond acceptors (Lipinski definition) is 4. The molecule has 5 nitrogen and oxygen atoms in total. The van der Waals surface area contributed by atoms with Crippen molar-refractivity contribution in [1.29, 1.82) is 5.26 Å². The smallest absolute Gasteiger partial charge is 0.241 e. The first kappa shape index (κ1) is 15.0. The normalized spacial score (nSPS) is 11.0. The van der Waals surface area contributed by atoms with Crippen LogP contribution < -0.4 is 4.72 Å². The molecule has 0 aliphatic rings. The Labute approximate surface area is 123 Å². The third-order valence-electron chi connectivity index (χ3n) is 3.01. The van der Waals surface area contributed by atoms with Crippen LogP contribution in [0.2, 0.25) is 0 Å². The summed E-state index contributed by atoms with van der Waals surface area (Å²) >= 11 is 0. The van der Waals surface area contributed by atoms with Crippen molar-refractivity contribution < 1.29 is 13.5 Å². The molecule has 0 spiro atoms. The van der Waals surface area contributed by atoms with E-state index >= 15 is 0 Å². The van der Waals surface area contributed by atoms with Gasteiger partial charge in [0, 0.05) is 6.54 Å². The van der Waals surface area contributed by atoms with E-state index in [1.807, 2.05) is 6.07 Å². The minimum atomic E-state index is -3.70. The third kappa shape index (κ3) is 3.60. The first-order valence-corrected chi connectivity index (χ1v) is 7.69. The van der Waals surface area contributed by atoms with Gasteiger partial charge in [0.25, 0.3) is 0 Å². The summed E-state index contributed by atoms with van der Waals surface area (Å²) in [5.74, 6) is 0.124. The molecule has 6 heteroatoms. The van der Waals surface area contributed by atoms with Gasteiger partial charge in [-0.25, -0.2) is 13.1 Å². The molecule has 2 N–H and O–H groups in total. The average Bonchev–Trinajstić information content (AvgIpc) is 2.47. The lowest BCUT2D eigenvalue weighted by Crippen LogP contribution is -2.24. The van der Waals surface area contributed by atoms with E-state index in [9.17, 15) is 13.5 Å². The number of aryl methyl sites for hydroxylation is 1. The van der Waals surface area contributed by atoms with Gasteiger partial charge in [-0.05, 0) is 42.3 Å². The van der Waals surface area contributed by atoms with Crippen LogP contribution in [0.1, 0.15) is 16.7 Å². The monoisotopic (exact) mass is 302 g/mol. The van der Waals surface area contributed by atoms with Crippen LogP contribution in [0, 0.1) is 18.3 Å². The van der Waals surface area contributed by atoms with E-state index in [4.69, 9.17) is 5.26 Å². The van der Waals surface area contributed by atoms with E-state index in [0.717, 1.165) is 5.56 Å². The predicted molar refractivity (Wildman–Crippen MR) is 78.0 cm³/mol. The van der Waals surface area contributed by atoms with Crippen LogP contribution in [0.4, 0.5) is 0 Å². The average molecular weight is 302 g/mol. The second-order valence-electron chi connectivity index (χ2n) is 4.58. The molecule has 21 heavy (non-hydrogen) atoms. The number of hydrogen-bond donors (Lipinski definition) is 2.